The molecule has 166 valence electrons. The second kappa shape index (κ2) is 16.9. The molecule has 0 spiro atoms. The fourth-order valence-electron chi connectivity index (χ4n) is 4.21. The Balaban J connectivity index is 2.04. The second-order valence-corrected chi connectivity index (χ2v) is 9.65. The zero-order chi connectivity index (χ0) is 21.3. The topological polar surface area (TPSA) is 37.3 Å². The lowest BCUT2D eigenvalue weighted by Gasteiger charge is -2.20. The summed E-state index contributed by atoms with van der Waals surface area (Å²) in [5.41, 5.74) is 0.915. The number of carbonyl (C=O) groups is 1. The number of carboxylic acid groups (broad SMARTS) is 1. The molecule has 1 N–H and O–H groups in total. The third-order valence-corrected chi connectivity index (χ3v) is 6.61. The molecule has 0 radical (unpaired) electrons. The number of rotatable bonds is 18. The summed E-state index contributed by atoms with van der Waals surface area (Å²) >= 11 is 3.42. The molecule has 0 aliphatic carbocycles. The van der Waals surface area contributed by atoms with E-state index in [1.54, 1.807) is 0 Å². The van der Waals surface area contributed by atoms with Gasteiger partial charge in [0.1, 0.15) is 0 Å². The van der Waals surface area contributed by atoms with E-state index in [4.69, 9.17) is 0 Å². The highest BCUT2D eigenvalue weighted by atomic mass is 79.9. The Morgan fingerprint density at radius 1 is 0.793 bits per heavy atom. The number of benzene rings is 1. The summed E-state index contributed by atoms with van der Waals surface area (Å²) in [6.07, 6.45) is 20.0. The van der Waals surface area contributed by atoms with Crippen molar-refractivity contribution in [1.82, 2.24) is 0 Å². The van der Waals surface area contributed by atoms with Crippen molar-refractivity contribution in [3.05, 3.63) is 34.3 Å². The molecular formula is C26H43BrO2. The number of unbranched alkanes of at least 4 members (excludes halogenated alkanes) is 13. The van der Waals surface area contributed by atoms with Crippen LogP contribution in [0.25, 0.3) is 0 Å². The van der Waals surface area contributed by atoms with Crippen LogP contribution in [0.2, 0.25) is 0 Å². The predicted octanol–water partition coefficient (Wildman–Crippen LogP) is 9.12. The summed E-state index contributed by atoms with van der Waals surface area (Å²) < 4.78 is 0.991. The molecule has 0 fully saturated rings. The first kappa shape index (κ1) is 26.2. The van der Waals surface area contributed by atoms with Crippen LogP contribution in [0.5, 0.6) is 0 Å². The largest absolute Gasteiger partial charge is 0.481 e. The molecule has 2 nitrogen and oxygen atoms in total. The van der Waals surface area contributed by atoms with Crippen LogP contribution >= 0.6 is 15.9 Å². The van der Waals surface area contributed by atoms with Gasteiger partial charge in [-0.15, -0.1) is 0 Å². The van der Waals surface area contributed by atoms with Gasteiger partial charge in [-0.25, -0.2) is 0 Å². The number of carboxylic acids is 1. The van der Waals surface area contributed by atoms with Gasteiger partial charge in [-0.2, -0.15) is 0 Å². The van der Waals surface area contributed by atoms with Gasteiger partial charge in [-0.3, -0.25) is 4.79 Å². The van der Waals surface area contributed by atoms with Gasteiger partial charge in [-0.05, 0) is 30.0 Å². The molecule has 1 aromatic rings. The summed E-state index contributed by atoms with van der Waals surface area (Å²) in [6.45, 7) is 4.36. The van der Waals surface area contributed by atoms with E-state index in [0.717, 1.165) is 22.9 Å². The van der Waals surface area contributed by atoms with Crippen molar-refractivity contribution in [3.63, 3.8) is 0 Å². The van der Waals surface area contributed by atoms with E-state index in [0.29, 0.717) is 0 Å². The minimum absolute atomic E-state index is 0.172. The number of halogens is 1. The van der Waals surface area contributed by atoms with Crippen molar-refractivity contribution in [2.45, 2.75) is 116 Å². The second-order valence-electron chi connectivity index (χ2n) is 8.73. The molecule has 0 amide bonds. The van der Waals surface area contributed by atoms with Gasteiger partial charge in [-0.1, -0.05) is 132 Å². The van der Waals surface area contributed by atoms with E-state index in [1.807, 2.05) is 24.3 Å². The molecule has 0 aliphatic rings. The van der Waals surface area contributed by atoms with Gasteiger partial charge in [0.2, 0.25) is 0 Å². The first-order chi connectivity index (χ1) is 14.1. The molecule has 0 saturated carbocycles. The van der Waals surface area contributed by atoms with Gasteiger partial charge in [0, 0.05) is 4.47 Å². The number of aliphatic carboxylic acids is 1. The lowest BCUT2D eigenvalue weighted by Crippen LogP contribution is -2.19. The zero-order valence-electron chi connectivity index (χ0n) is 18.8. The molecule has 1 rings (SSSR count). The molecule has 2 atom stereocenters. The minimum Gasteiger partial charge on any atom is -0.481 e. The number of hydrogen-bond donors (Lipinski definition) is 1. The Morgan fingerprint density at radius 3 is 1.62 bits per heavy atom. The van der Waals surface area contributed by atoms with Crippen LogP contribution in [-0.2, 0) is 4.79 Å². The van der Waals surface area contributed by atoms with E-state index in [-0.39, 0.29) is 5.92 Å². The van der Waals surface area contributed by atoms with Crippen molar-refractivity contribution >= 4 is 21.9 Å². The molecule has 0 bridgehead atoms. The molecule has 0 heterocycles. The first-order valence-corrected chi connectivity index (χ1v) is 12.8. The monoisotopic (exact) mass is 466 g/mol. The Kier molecular flexibility index (Phi) is 15.3. The fraction of sp³-hybridized carbons (Fsp3) is 0.731. The molecule has 29 heavy (non-hydrogen) atoms. The van der Waals surface area contributed by atoms with Gasteiger partial charge < -0.3 is 5.11 Å². The summed E-state index contributed by atoms with van der Waals surface area (Å²) in [5.74, 6) is -0.929. The van der Waals surface area contributed by atoms with Gasteiger partial charge >= 0.3 is 5.97 Å². The van der Waals surface area contributed by atoms with Crippen LogP contribution in [-0.4, -0.2) is 11.1 Å². The zero-order valence-corrected chi connectivity index (χ0v) is 20.4. The Hall–Kier alpha value is -0.830. The van der Waals surface area contributed by atoms with E-state index in [1.165, 1.54) is 83.5 Å². The molecule has 0 saturated heterocycles. The van der Waals surface area contributed by atoms with Gasteiger partial charge in [0.25, 0.3) is 0 Å². The minimum atomic E-state index is -0.704. The Bertz CT molecular complexity index is 526. The van der Waals surface area contributed by atoms with Crippen LogP contribution in [0.4, 0.5) is 0 Å². The fourth-order valence-corrected chi connectivity index (χ4v) is 4.48. The molecule has 0 aliphatic heterocycles. The smallest absolute Gasteiger partial charge is 0.311 e. The van der Waals surface area contributed by atoms with E-state index >= 15 is 0 Å². The maximum atomic E-state index is 11.8. The number of hydrogen-bond acceptors (Lipinski definition) is 1. The van der Waals surface area contributed by atoms with Crippen molar-refractivity contribution in [1.29, 1.82) is 0 Å². The third-order valence-electron chi connectivity index (χ3n) is 6.08. The van der Waals surface area contributed by atoms with E-state index in [9.17, 15) is 9.90 Å². The van der Waals surface area contributed by atoms with Crippen molar-refractivity contribution in [3.8, 4) is 0 Å². The van der Waals surface area contributed by atoms with Crippen LogP contribution in [0.3, 0.4) is 0 Å². The van der Waals surface area contributed by atoms with Crippen LogP contribution in [0.15, 0.2) is 28.7 Å². The van der Waals surface area contributed by atoms with Crippen LogP contribution < -0.4 is 0 Å². The van der Waals surface area contributed by atoms with Crippen LogP contribution in [0, 0.1) is 5.92 Å². The quantitative estimate of drug-likeness (QED) is 0.219. The third kappa shape index (κ3) is 12.5. The highest BCUT2D eigenvalue weighted by molar-refractivity contribution is 9.10. The van der Waals surface area contributed by atoms with Crippen molar-refractivity contribution in [2.75, 3.05) is 0 Å². The summed E-state index contributed by atoms with van der Waals surface area (Å²) in [4.78, 5) is 11.8. The predicted molar refractivity (Wildman–Crippen MR) is 129 cm³/mol. The maximum Gasteiger partial charge on any atom is 0.311 e. The van der Waals surface area contributed by atoms with Gasteiger partial charge in [0.05, 0.1) is 5.92 Å². The van der Waals surface area contributed by atoms with E-state index < -0.39 is 11.9 Å². The summed E-state index contributed by atoms with van der Waals surface area (Å²) in [5, 5.41) is 9.67. The van der Waals surface area contributed by atoms with E-state index in [2.05, 4.69) is 29.8 Å². The lowest BCUT2D eigenvalue weighted by atomic mass is 9.84. The SMILES string of the molecule is CCCCCCCCCCCCCCCC[C@@H](C)[C@@H](C(=O)O)c1ccc(Br)cc1. The average Bonchev–Trinajstić information content (AvgIpc) is 2.69. The summed E-state index contributed by atoms with van der Waals surface area (Å²) in [7, 11) is 0. The first-order valence-electron chi connectivity index (χ1n) is 12.0. The van der Waals surface area contributed by atoms with Crippen molar-refractivity contribution < 1.29 is 9.90 Å². The molecule has 1 aromatic carbocycles. The average molecular weight is 468 g/mol. The Morgan fingerprint density at radius 2 is 1.21 bits per heavy atom. The standard InChI is InChI=1S/C26H43BrO2/c1-3-4-5-6-7-8-9-10-11-12-13-14-15-16-17-22(2)25(26(28)29)23-18-20-24(27)21-19-23/h18-22,25H,3-17H2,1-2H3,(H,28,29)/t22-,25-/m1/s1. The molecule has 3 heteroatoms. The highest BCUT2D eigenvalue weighted by Gasteiger charge is 2.26. The normalized spacial score (nSPS) is 13.3. The van der Waals surface area contributed by atoms with Crippen LogP contribution in [0.1, 0.15) is 122 Å². The summed E-state index contributed by atoms with van der Waals surface area (Å²) in [6, 6.07) is 7.74. The molecule has 0 unspecified atom stereocenters. The van der Waals surface area contributed by atoms with Crippen molar-refractivity contribution in [2.24, 2.45) is 5.92 Å². The maximum absolute atomic E-state index is 11.8. The van der Waals surface area contributed by atoms with Gasteiger partial charge in [0.15, 0.2) is 0 Å². The lowest BCUT2D eigenvalue weighted by molar-refractivity contribution is -0.140. The molecular weight excluding hydrogens is 424 g/mol. The molecule has 0 aromatic heterocycles. The highest BCUT2D eigenvalue weighted by Crippen LogP contribution is 2.30. The Labute approximate surface area is 188 Å².